The Hall–Kier alpha value is -2.42. The lowest BCUT2D eigenvalue weighted by Crippen LogP contribution is -2.50. The van der Waals surface area contributed by atoms with Crippen molar-refractivity contribution in [3.8, 4) is 16.9 Å². The van der Waals surface area contributed by atoms with Crippen LogP contribution < -0.4 is 9.46 Å². The molecule has 0 aliphatic carbocycles. The smallest absolute Gasteiger partial charge is 0.251 e. The molecule has 8 heteroatoms. The minimum Gasteiger partial charge on any atom is -0.493 e. The fraction of sp³-hybridized carbons (Fsp3) is 0.480. The van der Waals surface area contributed by atoms with Crippen molar-refractivity contribution in [1.82, 2.24) is 9.62 Å². The number of hydrogen-bond acceptors (Lipinski definition) is 5. The predicted molar refractivity (Wildman–Crippen MR) is 128 cm³/mol. The number of amides is 1. The van der Waals surface area contributed by atoms with Crippen molar-refractivity contribution >= 4 is 15.9 Å². The first-order valence-electron chi connectivity index (χ1n) is 11.6. The molecule has 1 N–H and O–H groups in total. The normalized spacial score (nSPS) is 24.2. The van der Waals surface area contributed by atoms with Gasteiger partial charge in [0.15, 0.2) is 0 Å². The van der Waals surface area contributed by atoms with Crippen LogP contribution in [0.25, 0.3) is 11.1 Å². The zero-order valence-electron chi connectivity index (χ0n) is 19.2. The van der Waals surface area contributed by atoms with Crippen LogP contribution in [0.15, 0.2) is 48.5 Å². The molecule has 2 aliphatic rings. The number of hydrogen-bond donors (Lipinski definition) is 1. The maximum Gasteiger partial charge on any atom is 0.251 e. The number of benzene rings is 2. The van der Waals surface area contributed by atoms with Gasteiger partial charge in [-0.15, -0.1) is 0 Å². The van der Waals surface area contributed by atoms with Crippen LogP contribution >= 0.6 is 0 Å². The van der Waals surface area contributed by atoms with E-state index in [4.69, 9.17) is 9.47 Å². The van der Waals surface area contributed by atoms with Gasteiger partial charge in [0.2, 0.25) is 10.0 Å². The van der Waals surface area contributed by atoms with Crippen molar-refractivity contribution in [3.63, 3.8) is 0 Å². The summed E-state index contributed by atoms with van der Waals surface area (Å²) in [5.74, 6) is 0.716. The Morgan fingerprint density at radius 1 is 1.12 bits per heavy atom. The van der Waals surface area contributed by atoms with Crippen molar-refractivity contribution in [2.45, 2.75) is 51.3 Å². The fourth-order valence-corrected chi connectivity index (χ4v) is 5.48. The SMILES string of the molecule is CCS(=O)(=O)NC1CCN2C(=O)[C@@H](C)OCCCOc3ccccc3-c3cccc(c3)CC12. The molecule has 0 spiro atoms. The minimum absolute atomic E-state index is 0.00987. The summed E-state index contributed by atoms with van der Waals surface area (Å²) in [6, 6.07) is 15.5. The van der Waals surface area contributed by atoms with E-state index in [0.717, 1.165) is 22.4 Å². The third-order valence-electron chi connectivity index (χ3n) is 6.37. The van der Waals surface area contributed by atoms with Crippen molar-refractivity contribution in [2.24, 2.45) is 0 Å². The van der Waals surface area contributed by atoms with Gasteiger partial charge in [-0.1, -0.05) is 42.5 Å². The highest BCUT2D eigenvalue weighted by atomic mass is 32.2. The Morgan fingerprint density at radius 3 is 2.76 bits per heavy atom. The Labute approximate surface area is 196 Å². The Morgan fingerprint density at radius 2 is 1.94 bits per heavy atom. The molecule has 7 nitrogen and oxygen atoms in total. The van der Waals surface area contributed by atoms with Crippen LogP contribution in [0.4, 0.5) is 0 Å². The average molecular weight is 473 g/mol. The van der Waals surface area contributed by atoms with Gasteiger partial charge in [-0.3, -0.25) is 4.79 Å². The Balaban J connectivity index is 1.71. The topological polar surface area (TPSA) is 84.9 Å². The summed E-state index contributed by atoms with van der Waals surface area (Å²) in [4.78, 5) is 15.0. The van der Waals surface area contributed by atoms with Crippen LogP contribution in [-0.4, -0.2) is 62.9 Å². The Kier molecular flexibility index (Phi) is 7.36. The third kappa shape index (κ3) is 5.57. The molecule has 2 aromatic carbocycles. The van der Waals surface area contributed by atoms with E-state index < -0.39 is 16.1 Å². The van der Waals surface area contributed by atoms with Gasteiger partial charge < -0.3 is 14.4 Å². The highest BCUT2D eigenvalue weighted by Gasteiger charge is 2.40. The summed E-state index contributed by atoms with van der Waals surface area (Å²) in [6.07, 6.45) is 1.19. The molecule has 1 fully saturated rings. The van der Waals surface area contributed by atoms with E-state index in [2.05, 4.69) is 10.8 Å². The largest absolute Gasteiger partial charge is 0.493 e. The Bertz CT molecular complexity index is 1090. The molecule has 2 heterocycles. The van der Waals surface area contributed by atoms with Crippen molar-refractivity contribution in [1.29, 1.82) is 0 Å². The molecule has 2 unspecified atom stereocenters. The summed E-state index contributed by atoms with van der Waals surface area (Å²) in [7, 11) is -3.40. The van der Waals surface area contributed by atoms with Crippen LogP contribution in [0, 0.1) is 0 Å². The maximum absolute atomic E-state index is 13.2. The molecular weight excluding hydrogens is 440 g/mol. The van der Waals surface area contributed by atoms with Crippen LogP contribution in [-0.2, 0) is 26.0 Å². The van der Waals surface area contributed by atoms with Crippen LogP contribution in [0.1, 0.15) is 32.3 Å². The molecule has 3 atom stereocenters. The molecule has 4 rings (SSSR count). The van der Waals surface area contributed by atoms with Crippen molar-refractivity contribution in [3.05, 3.63) is 54.1 Å². The number of fused-ring (bicyclic) bond motifs is 5. The first-order chi connectivity index (χ1) is 15.9. The number of nitrogens with one attached hydrogen (secondary N) is 1. The number of para-hydroxylation sites is 1. The van der Waals surface area contributed by atoms with E-state index >= 15 is 0 Å². The van der Waals surface area contributed by atoms with Gasteiger partial charge in [0.25, 0.3) is 5.91 Å². The van der Waals surface area contributed by atoms with Gasteiger partial charge in [0.05, 0.1) is 25.0 Å². The average Bonchev–Trinajstić information content (AvgIpc) is 3.19. The first-order valence-corrected chi connectivity index (χ1v) is 13.3. The molecule has 1 amide bonds. The monoisotopic (exact) mass is 472 g/mol. The molecule has 0 radical (unpaired) electrons. The minimum atomic E-state index is -3.40. The molecule has 2 aliphatic heterocycles. The third-order valence-corrected chi connectivity index (χ3v) is 7.79. The zero-order valence-corrected chi connectivity index (χ0v) is 20.0. The molecule has 1 saturated heterocycles. The molecular formula is C25H32N2O5S. The number of ether oxygens (including phenoxy) is 2. The molecule has 0 saturated carbocycles. The van der Waals surface area contributed by atoms with Gasteiger partial charge in [-0.05, 0) is 43.9 Å². The molecule has 2 aromatic rings. The van der Waals surface area contributed by atoms with E-state index in [9.17, 15) is 13.2 Å². The van der Waals surface area contributed by atoms with Gasteiger partial charge in [0.1, 0.15) is 11.9 Å². The molecule has 2 bridgehead atoms. The summed E-state index contributed by atoms with van der Waals surface area (Å²) < 4.78 is 39.3. The number of nitrogens with zero attached hydrogens (tertiary/aromatic N) is 1. The van der Waals surface area contributed by atoms with Crippen LogP contribution in [0.3, 0.4) is 0 Å². The maximum atomic E-state index is 13.2. The van der Waals surface area contributed by atoms with Gasteiger partial charge >= 0.3 is 0 Å². The second-order valence-electron chi connectivity index (χ2n) is 8.63. The van der Waals surface area contributed by atoms with E-state index in [1.807, 2.05) is 42.5 Å². The quantitative estimate of drug-likeness (QED) is 0.742. The van der Waals surface area contributed by atoms with Gasteiger partial charge in [-0.2, -0.15) is 0 Å². The number of carbonyl (C=O) groups is 1. The van der Waals surface area contributed by atoms with Gasteiger partial charge in [-0.25, -0.2) is 13.1 Å². The van der Waals surface area contributed by atoms with E-state index in [-0.39, 0.29) is 23.7 Å². The summed E-state index contributed by atoms with van der Waals surface area (Å²) in [5.41, 5.74) is 3.08. The van der Waals surface area contributed by atoms with Gasteiger partial charge in [0, 0.05) is 24.6 Å². The summed E-state index contributed by atoms with van der Waals surface area (Å²) in [6.45, 7) is 4.78. The summed E-state index contributed by atoms with van der Waals surface area (Å²) in [5, 5.41) is 0. The number of sulfonamides is 1. The van der Waals surface area contributed by atoms with E-state index in [1.165, 1.54) is 0 Å². The van der Waals surface area contributed by atoms with E-state index in [1.54, 1.807) is 18.7 Å². The van der Waals surface area contributed by atoms with Crippen molar-refractivity contribution < 1.29 is 22.7 Å². The summed E-state index contributed by atoms with van der Waals surface area (Å²) >= 11 is 0. The lowest BCUT2D eigenvalue weighted by atomic mass is 9.96. The second-order valence-corrected chi connectivity index (χ2v) is 10.7. The van der Waals surface area contributed by atoms with E-state index in [0.29, 0.717) is 39.0 Å². The molecule has 0 aromatic heterocycles. The number of carbonyl (C=O) groups excluding carboxylic acids is 1. The predicted octanol–water partition coefficient (Wildman–Crippen LogP) is 2.99. The van der Waals surface area contributed by atoms with Crippen molar-refractivity contribution in [2.75, 3.05) is 25.5 Å². The highest BCUT2D eigenvalue weighted by Crippen LogP contribution is 2.32. The lowest BCUT2D eigenvalue weighted by Gasteiger charge is -2.30. The lowest BCUT2D eigenvalue weighted by molar-refractivity contribution is -0.143. The molecule has 33 heavy (non-hydrogen) atoms. The van der Waals surface area contributed by atoms with Crippen LogP contribution in [0.5, 0.6) is 5.75 Å². The van der Waals surface area contributed by atoms with Crippen LogP contribution in [0.2, 0.25) is 0 Å². The zero-order chi connectivity index (χ0) is 23.4. The highest BCUT2D eigenvalue weighted by molar-refractivity contribution is 7.89. The first kappa shape index (κ1) is 23.7. The standard InChI is InChI=1S/C25H32N2O5S/c1-3-33(29,30)26-22-12-13-27-23(22)17-19-8-6-9-20(16-19)21-10-4-5-11-24(21)32-15-7-14-31-18(2)25(27)28/h4-6,8-11,16,18,22-23,26H,3,7,12-15,17H2,1-2H3/t18-,22?,23?/m1/s1. The second kappa shape index (κ2) is 10.2. The number of rotatable bonds is 3. The fourth-order valence-electron chi connectivity index (χ4n) is 4.58. The molecule has 178 valence electrons.